The topological polar surface area (TPSA) is 29.5 Å². The summed E-state index contributed by atoms with van der Waals surface area (Å²) in [5, 5.41) is 9.14. The largest absolute Gasteiger partial charge is 0.508 e. The molecule has 0 amide bonds. The normalized spacial score (nSPS) is 9.83. The molecule has 2 nitrogen and oxygen atoms in total. The molecule has 12 heavy (non-hydrogen) atoms. The Bertz CT molecular complexity index is 256. The van der Waals surface area contributed by atoms with Crippen molar-refractivity contribution in [1.29, 1.82) is 0 Å². The quantitative estimate of drug-likeness (QED) is 0.743. The highest BCUT2D eigenvalue weighted by atomic mass is 16.5. The Labute approximate surface area is 72.8 Å². The maximum Gasteiger partial charge on any atom is 0.125 e. The first-order valence-electron chi connectivity index (χ1n) is 3.93. The fraction of sp³-hybridized carbons (Fsp3) is 0.300. The summed E-state index contributed by atoms with van der Waals surface area (Å²) in [6.45, 7) is 3.76. The number of aromatic hydroxyl groups is 1. The molecule has 1 aromatic carbocycles. The van der Waals surface area contributed by atoms with Crippen LogP contribution in [0, 0.1) is 6.92 Å². The van der Waals surface area contributed by atoms with Gasteiger partial charge in [0.05, 0.1) is 7.11 Å². The molecule has 2 heteroatoms. The lowest BCUT2D eigenvalue weighted by atomic mass is 10.1. The summed E-state index contributed by atoms with van der Waals surface area (Å²) in [6.07, 6.45) is 1.71. The van der Waals surface area contributed by atoms with Gasteiger partial charge in [-0.1, -0.05) is 13.0 Å². The number of rotatable bonds is 3. The van der Waals surface area contributed by atoms with Crippen molar-refractivity contribution in [1.82, 2.24) is 0 Å². The second-order valence-corrected chi connectivity index (χ2v) is 2.60. The van der Waals surface area contributed by atoms with Crippen molar-refractivity contribution in [3.8, 4) is 11.5 Å². The van der Waals surface area contributed by atoms with Gasteiger partial charge in [0.25, 0.3) is 0 Å². The van der Waals surface area contributed by atoms with Gasteiger partial charge in [-0.25, -0.2) is 0 Å². The Morgan fingerprint density at radius 2 is 2.25 bits per heavy atom. The molecular formula is C10H13O2. The number of phenols is 1. The van der Waals surface area contributed by atoms with E-state index >= 15 is 0 Å². The molecule has 1 N–H and O–H groups in total. The fourth-order valence-corrected chi connectivity index (χ4v) is 1.13. The Balaban J connectivity index is 2.94. The van der Waals surface area contributed by atoms with Crippen LogP contribution in [0.3, 0.4) is 0 Å². The molecule has 0 saturated carbocycles. The molecule has 0 aliphatic rings. The smallest absolute Gasteiger partial charge is 0.125 e. The zero-order valence-electron chi connectivity index (χ0n) is 7.21. The lowest BCUT2D eigenvalue weighted by Gasteiger charge is -2.06. The van der Waals surface area contributed by atoms with E-state index in [1.165, 1.54) is 0 Å². The van der Waals surface area contributed by atoms with E-state index in [-0.39, 0.29) is 5.75 Å². The van der Waals surface area contributed by atoms with Crippen LogP contribution in [-0.2, 0) is 6.42 Å². The van der Waals surface area contributed by atoms with Gasteiger partial charge in [0.2, 0.25) is 0 Å². The van der Waals surface area contributed by atoms with Gasteiger partial charge in [-0.3, -0.25) is 0 Å². The van der Waals surface area contributed by atoms with Gasteiger partial charge < -0.3 is 9.84 Å². The molecule has 1 rings (SSSR count). The van der Waals surface area contributed by atoms with Crippen LogP contribution >= 0.6 is 0 Å². The lowest BCUT2D eigenvalue weighted by Crippen LogP contribution is -1.90. The first-order chi connectivity index (χ1) is 5.77. The molecule has 1 radical (unpaired) electrons. The third-order valence-electron chi connectivity index (χ3n) is 1.72. The highest BCUT2D eigenvalue weighted by molar-refractivity contribution is 5.40. The number of hydrogen-bond donors (Lipinski definition) is 1. The van der Waals surface area contributed by atoms with Crippen LogP contribution < -0.4 is 4.74 Å². The van der Waals surface area contributed by atoms with Gasteiger partial charge in [0.1, 0.15) is 11.5 Å². The van der Waals surface area contributed by atoms with Gasteiger partial charge in [-0.15, -0.1) is 0 Å². The molecule has 1 aromatic rings. The number of hydrogen-bond acceptors (Lipinski definition) is 2. The van der Waals surface area contributed by atoms with E-state index in [0.29, 0.717) is 0 Å². The van der Waals surface area contributed by atoms with Gasteiger partial charge in [0, 0.05) is 6.07 Å². The fourth-order valence-electron chi connectivity index (χ4n) is 1.13. The van der Waals surface area contributed by atoms with Gasteiger partial charge in [-0.2, -0.15) is 0 Å². The minimum atomic E-state index is 0.236. The summed E-state index contributed by atoms with van der Waals surface area (Å²) in [7, 11) is 1.60. The van der Waals surface area contributed by atoms with Crippen LogP contribution in [-0.4, -0.2) is 12.2 Å². The van der Waals surface area contributed by atoms with E-state index in [4.69, 9.17) is 9.84 Å². The Hall–Kier alpha value is -1.18. The minimum absolute atomic E-state index is 0.236. The number of phenolic OH excluding ortho intramolecular Hbond substituents is 1. The molecule has 0 saturated heterocycles. The van der Waals surface area contributed by atoms with E-state index in [9.17, 15) is 0 Å². The van der Waals surface area contributed by atoms with Crippen LogP contribution in [0.25, 0.3) is 0 Å². The second kappa shape index (κ2) is 4.00. The zero-order valence-corrected chi connectivity index (χ0v) is 7.21. The first kappa shape index (κ1) is 8.91. The average molecular weight is 165 g/mol. The average Bonchev–Trinajstić information content (AvgIpc) is 2.08. The van der Waals surface area contributed by atoms with Gasteiger partial charge in [-0.05, 0) is 24.5 Å². The molecule has 0 aliphatic heterocycles. The molecule has 0 fully saturated rings. The van der Waals surface area contributed by atoms with E-state index in [1.54, 1.807) is 19.2 Å². The van der Waals surface area contributed by atoms with Crippen molar-refractivity contribution in [2.45, 2.75) is 12.8 Å². The molecule has 65 valence electrons. The first-order valence-corrected chi connectivity index (χ1v) is 3.93. The number of benzene rings is 1. The molecule has 0 bridgehead atoms. The van der Waals surface area contributed by atoms with Crippen LogP contribution in [0.4, 0.5) is 0 Å². The molecule has 0 unspecified atom stereocenters. The summed E-state index contributed by atoms with van der Waals surface area (Å²) >= 11 is 0. The zero-order chi connectivity index (χ0) is 8.97. The van der Waals surface area contributed by atoms with Crippen molar-refractivity contribution in [2.75, 3.05) is 7.11 Å². The summed E-state index contributed by atoms with van der Waals surface area (Å²) in [5.74, 6) is 0.971. The summed E-state index contributed by atoms with van der Waals surface area (Å²) in [5.41, 5.74) is 1.09. The lowest BCUT2D eigenvalue weighted by molar-refractivity contribution is 0.402. The number of aryl methyl sites for hydroxylation is 1. The number of ether oxygens (including phenoxy) is 1. The Kier molecular flexibility index (Phi) is 2.97. The maximum atomic E-state index is 9.14. The Morgan fingerprint density at radius 3 is 2.83 bits per heavy atom. The van der Waals surface area contributed by atoms with E-state index in [2.05, 4.69) is 6.92 Å². The predicted molar refractivity (Wildman–Crippen MR) is 48.3 cm³/mol. The van der Waals surface area contributed by atoms with Crippen molar-refractivity contribution in [2.24, 2.45) is 0 Å². The third-order valence-corrected chi connectivity index (χ3v) is 1.72. The maximum absolute atomic E-state index is 9.14. The van der Waals surface area contributed by atoms with Crippen molar-refractivity contribution in [3.05, 3.63) is 30.7 Å². The Morgan fingerprint density at radius 1 is 1.50 bits per heavy atom. The van der Waals surface area contributed by atoms with Crippen molar-refractivity contribution < 1.29 is 9.84 Å². The van der Waals surface area contributed by atoms with E-state index < -0.39 is 0 Å². The van der Waals surface area contributed by atoms with E-state index in [1.807, 2.05) is 6.07 Å². The summed E-state index contributed by atoms with van der Waals surface area (Å²) < 4.78 is 5.09. The van der Waals surface area contributed by atoms with E-state index in [0.717, 1.165) is 24.2 Å². The van der Waals surface area contributed by atoms with Crippen molar-refractivity contribution >= 4 is 0 Å². The second-order valence-electron chi connectivity index (χ2n) is 2.60. The van der Waals surface area contributed by atoms with Crippen LogP contribution in [0.15, 0.2) is 18.2 Å². The molecule has 0 aromatic heterocycles. The van der Waals surface area contributed by atoms with Crippen molar-refractivity contribution in [3.63, 3.8) is 0 Å². The molecule has 0 heterocycles. The van der Waals surface area contributed by atoms with Gasteiger partial charge in [0.15, 0.2) is 0 Å². The standard InChI is InChI=1S/C10H13O2/c1-3-4-8-5-6-9(11)7-10(8)12-2/h5-7,11H,1,3-4H2,2H3. The monoisotopic (exact) mass is 165 g/mol. The third kappa shape index (κ3) is 1.91. The number of methoxy groups -OCH3 is 1. The van der Waals surface area contributed by atoms with Crippen LogP contribution in [0.1, 0.15) is 12.0 Å². The van der Waals surface area contributed by atoms with Gasteiger partial charge >= 0.3 is 0 Å². The molecule has 0 spiro atoms. The molecule has 0 aliphatic carbocycles. The van der Waals surface area contributed by atoms with Crippen LogP contribution in [0.5, 0.6) is 11.5 Å². The molecular weight excluding hydrogens is 152 g/mol. The predicted octanol–water partition coefficient (Wildman–Crippen LogP) is 2.17. The SMILES string of the molecule is [CH2]CCc1ccc(O)cc1OC. The highest BCUT2D eigenvalue weighted by Crippen LogP contribution is 2.24. The molecule has 0 atom stereocenters. The summed E-state index contributed by atoms with van der Waals surface area (Å²) in [6, 6.07) is 5.14. The van der Waals surface area contributed by atoms with Crippen LogP contribution in [0.2, 0.25) is 0 Å². The minimum Gasteiger partial charge on any atom is -0.508 e. The highest BCUT2D eigenvalue weighted by Gasteiger charge is 2.01. The summed E-state index contributed by atoms with van der Waals surface area (Å²) in [4.78, 5) is 0.